The molecule has 1 saturated carbocycles. The van der Waals surface area contributed by atoms with Gasteiger partial charge in [-0.1, -0.05) is 12.8 Å². The standard InChI is InChI=1S/C21H31N5O2/c1-24(2)19(28)21-9-5-12-25(18(27)16-7-3-4-8-16)13-17(21)14-26(15-21)20-22-10-6-11-23-20/h6,10-11,16-17H,3-5,7-9,12-15H2,1-2H3/t17-,21-/m1/s1. The molecule has 2 saturated heterocycles. The van der Waals surface area contributed by atoms with Gasteiger partial charge in [-0.25, -0.2) is 9.97 Å². The molecule has 1 aromatic rings. The summed E-state index contributed by atoms with van der Waals surface area (Å²) < 4.78 is 0. The van der Waals surface area contributed by atoms with Crippen molar-refractivity contribution < 1.29 is 9.59 Å². The van der Waals surface area contributed by atoms with Crippen molar-refractivity contribution in [2.24, 2.45) is 17.3 Å². The Hall–Kier alpha value is -2.18. The van der Waals surface area contributed by atoms with Crippen molar-refractivity contribution in [3.05, 3.63) is 18.5 Å². The van der Waals surface area contributed by atoms with E-state index in [0.29, 0.717) is 24.9 Å². The molecule has 28 heavy (non-hydrogen) atoms. The maximum absolute atomic E-state index is 13.3. The summed E-state index contributed by atoms with van der Waals surface area (Å²) in [5.41, 5.74) is -0.465. The Balaban J connectivity index is 1.60. The molecule has 4 rings (SSSR count). The summed E-state index contributed by atoms with van der Waals surface area (Å²) in [6.45, 7) is 2.79. The Morgan fingerprint density at radius 3 is 2.50 bits per heavy atom. The average Bonchev–Trinajstić information content (AvgIpc) is 3.33. The molecule has 2 amide bonds. The first-order valence-electron chi connectivity index (χ1n) is 10.5. The molecule has 3 heterocycles. The summed E-state index contributed by atoms with van der Waals surface area (Å²) in [7, 11) is 3.67. The quantitative estimate of drug-likeness (QED) is 0.794. The average molecular weight is 386 g/mol. The van der Waals surface area contributed by atoms with Crippen LogP contribution in [0.1, 0.15) is 38.5 Å². The van der Waals surface area contributed by atoms with Crippen LogP contribution in [0.2, 0.25) is 0 Å². The van der Waals surface area contributed by atoms with Crippen molar-refractivity contribution >= 4 is 17.8 Å². The lowest BCUT2D eigenvalue weighted by molar-refractivity contribution is -0.142. The van der Waals surface area contributed by atoms with Crippen molar-refractivity contribution in [3.8, 4) is 0 Å². The summed E-state index contributed by atoms with van der Waals surface area (Å²) in [4.78, 5) is 41.1. The number of fused-ring (bicyclic) bond motifs is 1. The highest BCUT2D eigenvalue weighted by Crippen LogP contribution is 2.45. The molecule has 0 unspecified atom stereocenters. The highest BCUT2D eigenvalue weighted by molar-refractivity contribution is 5.85. The second-order valence-electron chi connectivity index (χ2n) is 8.85. The molecular weight excluding hydrogens is 354 g/mol. The van der Waals surface area contributed by atoms with E-state index >= 15 is 0 Å². The predicted octanol–water partition coefficient (Wildman–Crippen LogP) is 1.80. The molecule has 7 nitrogen and oxygen atoms in total. The van der Waals surface area contributed by atoms with Crippen molar-refractivity contribution in [1.29, 1.82) is 0 Å². The van der Waals surface area contributed by atoms with Crippen LogP contribution in [0.3, 0.4) is 0 Å². The fraction of sp³-hybridized carbons (Fsp3) is 0.714. The molecule has 2 atom stereocenters. The molecule has 0 radical (unpaired) electrons. The van der Waals surface area contributed by atoms with Crippen LogP contribution in [-0.4, -0.2) is 71.9 Å². The maximum Gasteiger partial charge on any atom is 0.230 e. The molecule has 3 aliphatic rings. The van der Waals surface area contributed by atoms with E-state index in [1.54, 1.807) is 23.4 Å². The molecule has 2 aliphatic heterocycles. The Morgan fingerprint density at radius 2 is 1.82 bits per heavy atom. The van der Waals surface area contributed by atoms with E-state index in [1.807, 2.05) is 14.1 Å². The zero-order chi connectivity index (χ0) is 19.7. The van der Waals surface area contributed by atoms with Gasteiger partial charge in [0.1, 0.15) is 0 Å². The molecule has 0 N–H and O–H groups in total. The van der Waals surface area contributed by atoms with E-state index in [1.165, 1.54) is 0 Å². The van der Waals surface area contributed by atoms with E-state index in [2.05, 4.69) is 19.8 Å². The van der Waals surface area contributed by atoms with Gasteiger partial charge in [-0.3, -0.25) is 9.59 Å². The van der Waals surface area contributed by atoms with Gasteiger partial charge in [-0.05, 0) is 31.7 Å². The van der Waals surface area contributed by atoms with Crippen LogP contribution in [0.25, 0.3) is 0 Å². The van der Waals surface area contributed by atoms with Gasteiger partial charge in [-0.2, -0.15) is 0 Å². The maximum atomic E-state index is 13.3. The van der Waals surface area contributed by atoms with Crippen LogP contribution in [-0.2, 0) is 9.59 Å². The summed E-state index contributed by atoms with van der Waals surface area (Å²) in [5.74, 6) is 1.45. The van der Waals surface area contributed by atoms with Crippen LogP contribution in [0, 0.1) is 17.3 Å². The third-order valence-corrected chi connectivity index (χ3v) is 6.87. The lowest BCUT2D eigenvalue weighted by atomic mass is 9.74. The number of nitrogens with zero attached hydrogens (tertiary/aromatic N) is 5. The van der Waals surface area contributed by atoms with E-state index in [0.717, 1.165) is 51.6 Å². The number of rotatable bonds is 3. The fourth-order valence-corrected chi connectivity index (χ4v) is 5.47. The largest absolute Gasteiger partial charge is 0.348 e. The molecule has 1 aliphatic carbocycles. The molecule has 1 aromatic heterocycles. The zero-order valence-corrected chi connectivity index (χ0v) is 17.0. The number of carbonyl (C=O) groups is 2. The molecule has 0 spiro atoms. The number of aromatic nitrogens is 2. The topological polar surface area (TPSA) is 69.6 Å². The minimum Gasteiger partial charge on any atom is -0.348 e. The number of hydrogen-bond acceptors (Lipinski definition) is 5. The molecule has 0 aromatic carbocycles. The van der Waals surface area contributed by atoms with Crippen LogP contribution in [0.15, 0.2) is 18.5 Å². The monoisotopic (exact) mass is 385 g/mol. The summed E-state index contributed by atoms with van der Waals surface area (Å²) in [6.07, 6.45) is 9.54. The first-order valence-corrected chi connectivity index (χ1v) is 10.5. The van der Waals surface area contributed by atoms with Gasteiger partial charge in [0.05, 0.1) is 5.41 Å². The van der Waals surface area contributed by atoms with Crippen LogP contribution >= 0.6 is 0 Å². The van der Waals surface area contributed by atoms with E-state index in [9.17, 15) is 9.59 Å². The van der Waals surface area contributed by atoms with Gasteiger partial charge in [0.15, 0.2) is 0 Å². The van der Waals surface area contributed by atoms with Gasteiger partial charge in [0.2, 0.25) is 17.8 Å². The van der Waals surface area contributed by atoms with Crippen LogP contribution in [0.5, 0.6) is 0 Å². The zero-order valence-electron chi connectivity index (χ0n) is 17.0. The smallest absolute Gasteiger partial charge is 0.230 e. The first-order chi connectivity index (χ1) is 13.5. The predicted molar refractivity (Wildman–Crippen MR) is 107 cm³/mol. The SMILES string of the molecule is CN(C)C(=O)[C@@]12CCCN(C(=O)C3CCCC3)C[C@@H]1CN(c1ncccn1)C2. The minimum atomic E-state index is -0.465. The highest BCUT2D eigenvalue weighted by Gasteiger charge is 2.54. The fourth-order valence-electron chi connectivity index (χ4n) is 5.47. The van der Waals surface area contributed by atoms with Crippen molar-refractivity contribution in [2.75, 3.05) is 45.2 Å². The summed E-state index contributed by atoms with van der Waals surface area (Å²) in [5, 5.41) is 0. The number of anilines is 1. The molecule has 7 heteroatoms. The third kappa shape index (κ3) is 3.35. The van der Waals surface area contributed by atoms with E-state index < -0.39 is 5.41 Å². The molecule has 0 bridgehead atoms. The Morgan fingerprint density at radius 1 is 1.11 bits per heavy atom. The van der Waals surface area contributed by atoms with Gasteiger partial charge >= 0.3 is 0 Å². The molecule has 152 valence electrons. The molecule has 3 fully saturated rings. The summed E-state index contributed by atoms with van der Waals surface area (Å²) in [6, 6.07) is 1.81. The van der Waals surface area contributed by atoms with E-state index in [-0.39, 0.29) is 17.7 Å². The number of hydrogen-bond donors (Lipinski definition) is 0. The normalized spacial score (nSPS) is 28.1. The lowest BCUT2D eigenvalue weighted by Crippen LogP contribution is -2.48. The second-order valence-corrected chi connectivity index (χ2v) is 8.85. The first kappa shape index (κ1) is 19.2. The van der Waals surface area contributed by atoms with Gasteiger partial charge in [0.25, 0.3) is 0 Å². The number of amides is 2. The highest BCUT2D eigenvalue weighted by atomic mass is 16.2. The third-order valence-electron chi connectivity index (χ3n) is 6.87. The van der Waals surface area contributed by atoms with Crippen LogP contribution in [0.4, 0.5) is 5.95 Å². The van der Waals surface area contributed by atoms with Crippen molar-refractivity contribution in [2.45, 2.75) is 38.5 Å². The van der Waals surface area contributed by atoms with Crippen LogP contribution < -0.4 is 4.90 Å². The van der Waals surface area contributed by atoms with Gasteiger partial charge in [0, 0.05) is 64.5 Å². The van der Waals surface area contributed by atoms with Crippen molar-refractivity contribution in [3.63, 3.8) is 0 Å². The van der Waals surface area contributed by atoms with Gasteiger partial charge in [-0.15, -0.1) is 0 Å². The van der Waals surface area contributed by atoms with E-state index in [4.69, 9.17) is 0 Å². The number of carbonyl (C=O) groups excluding carboxylic acids is 2. The Labute approximate surface area is 167 Å². The Kier molecular flexibility index (Phi) is 5.25. The number of likely N-dealkylation sites (tertiary alicyclic amines) is 1. The second kappa shape index (κ2) is 7.68. The molecular formula is C21H31N5O2. The minimum absolute atomic E-state index is 0.110. The van der Waals surface area contributed by atoms with Gasteiger partial charge < -0.3 is 14.7 Å². The van der Waals surface area contributed by atoms with Crippen molar-refractivity contribution in [1.82, 2.24) is 19.8 Å². The Bertz CT molecular complexity index is 719. The summed E-state index contributed by atoms with van der Waals surface area (Å²) >= 11 is 0. The lowest BCUT2D eigenvalue weighted by Gasteiger charge is -2.34.